The summed E-state index contributed by atoms with van der Waals surface area (Å²) in [4.78, 5) is 4.82. The molecule has 0 aliphatic heterocycles. The zero-order chi connectivity index (χ0) is 23.5. The lowest BCUT2D eigenvalue weighted by Crippen LogP contribution is -2.02. The second-order valence-electron chi connectivity index (χ2n) is 7.89. The fourth-order valence-corrected chi connectivity index (χ4v) is 6.27. The quantitative estimate of drug-likeness (QED) is 0.171. The molecule has 0 bridgehead atoms. The fraction of sp³-hybridized carbons (Fsp3) is 0.333. The van der Waals surface area contributed by atoms with Crippen LogP contribution in [0.25, 0.3) is 22.4 Å². The Labute approximate surface area is 212 Å². The molecule has 0 saturated carbocycles. The van der Waals surface area contributed by atoms with Crippen LogP contribution < -0.4 is 0 Å². The third-order valence-corrected chi connectivity index (χ3v) is 8.74. The van der Waals surface area contributed by atoms with Crippen LogP contribution >= 0.6 is 27.7 Å². The third kappa shape index (κ3) is 7.81. The van der Waals surface area contributed by atoms with Crippen molar-refractivity contribution in [2.24, 2.45) is 0 Å². The van der Waals surface area contributed by atoms with E-state index in [0.717, 1.165) is 39.7 Å². The number of pyridine rings is 1. The molecule has 1 unspecified atom stereocenters. The minimum absolute atomic E-state index is 0.453. The van der Waals surface area contributed by atoms with Gasteiger partial charge in [-0.2, -0.15) is 5.26 Å². The van der Waals surface area contributed by atoms with Gasteiger partial charge in [0.1, 0.15) is 11.1 Å². The molecule has 1 aromatic heterocycles. The Morgan fingerprint density at radius 1 is 0.970 bits per heavy atom. The fourth-order valence-electron chi connectivity index (χ4n) is 3.57. The maximum absolute atomic E-state index is 12.6. The van der Waals surface area contributed by atoms with Gasteiger partial charge in [0.2, 0.25) is 0 Å². The van der Waals surface area contributed by atoms with Gasteiger partial charge >= 0.3 is 0 Å². The summed E-state index contributed by atoms with van der Waals surface area (Å²) in [5.41, 5.74) is 4.17. The van der Waals surface area contributed by atoms with Gasteiger partial charge in [-0.1, -0.05) is 109 Å². The van der Waals surface area contributed by atoms with Gasteiger partial charge in [0, 0.05) is 32.2 Å². The molecule has 1 atom stereocenters. The van der Waals surface area contributed by atoms with Crippen molar-refractivity contribution in [2.45, 2.75) is 50.5 Å². The molecular weight excluding hydrogens is 512 g/mol. The van der Waals surface area contributed by atoms with E-state index >= 15 is 0 Å². The van der Waals surface area contributed by atoms with Crippen LogP contribution in [0.5, 0.6) is 0 Å². The molecule has 0 N–H and O–H groups in total. The summed E-state index contributed by atoms with van der Waals surface area (Å²) in [6, 6.07) is 22.3. The van der Waals surface area contributed by atoms with E-state index in [2.05, 4.69) is 28.9 Å². The highest BCUT2D eigenvalue weighted by Crippen LogP contribution is 2.34. The molecule has 172 valence electrons. The van der Waals surface area contributed by atoms with Crippen LogP contribution in [-0.2, 0) is 10.8 Å². The van der Waals surface area contributed by atoms with E-state index in [-0.39, 0.29) is 0 Å². The van der Waals surface area contributed by atoms with Gasteiger partial charge in [-0.15, -0.1) is 0 Å². The Morgan fingerprint density at radius 2 is 1.67 bits per heavy atom. The monoisotopic (exact) mass is 540 g/mol. The number of nitriles is 1. The number of halogens is 1. The van der Waals surface area contributed by atoms with E-state index in [1.54, 1.807) is 0 Å². The highest BCUT2D eigenvalue weighted by Gasteiger charge is 2.16. The number of thioether (sulfide) groups is 1. The summed E-state index contributed by atoms with van der Waals surface area (Å²) in [6.07, 6.45) is 7.12. The number of benzene rings is 2. The summed E-state index contributed by atoms with van der Waals surface area (Å²) < 4.78 is 13.6. The molecule has 0 saturated heterocycles. The normalized spacial score (nSPS) is 11.8. The van der Waals surface area contributed by atoms with Gasteiger partial charge in [-0.25, -0.2) is 4.98 Å². The standard InChI is InChI=1S/C27H29BrN2OS2/c1-2-3-4-5-6-10-17-33(31)20-32-27-25(19-29)24(21-11-8-7-9-12-21)18-26(30-27)22-13-15-23(28)16-14-22/h7-9,11-16,18H,2-6,10,17,20H2,1H3. The van der Waals surface area contributed by atoms with Crippen LogP contribution in [0.4, 0.5) is 0 Å². The van der Waals surface area contributed by atoms with Gasteiger partial charge in [-0.3, -0.25) is 4.21 Å². The molecule has 0 spiro atoms. The molecule has 33 heavy (non-hydrogen) atoms. The van der Waals surface area contributed by atoms with Crippen molar-refractivity contribution in [3.8, 4) is 28.5 Å². The largest absolute Gasteiger partial charge is 0.259 e. The molecule has 3 rings (SSSR count). The second-order valence-corrected chi connectivity index (χ2v) is 11.7. The highest BCUT2D eigenvalue weighted by molar-refractivity contribution is 9.10. The van der Waals surface area contributed by atoms with Crippen LogP contribution in [-0.4, -0.2) is 20.0 Å². The van der Waals surface area contributed by atoms with Gasteiger partial charge in [0.25, 0.3) is 0 Å². The minimum Gasteiger partial charge on any atom is -0.259 e. The molecule has 0 aliphatic rings. The number of rotatable bonds is 12. The Hall–Kier alpha value is -1.94. The van der Waals surface area contributed by atoms with E-state index < -0.39 is 10.8 Å². The topological polar surface area (TPSA) is 53.8 Å². The van der Waals surface area contributed by atoms with Crippen LogP contribution in [0, 0.1) is 11.3 Å². The number of hydrogen-bond donors (Lipinski definition) is 0. The van der Waals surface area contributed by atoms with Gasteiger partial charge in [0.05, 0.1) is 16.3 Å². The molecule has 3 nitrogen and oxygen atoms in total. The summed E-state index contributed by atoms with van der Waals surface area (Å²) in [5.74, 6) is 0.707. The first kappa shape index (κ1) is 25.7. The number of unbranched alkanes of at least 4 members (excludes halogenated alkanes) is 5. The Bertz CT molecular complexity index is 1100. The predicted octanol–water partition coefficient (Wildman–Crippen LogP) is 8.21. The summed E-state index contributed by atoms with van der Waals surface area (Å²) in [6.45, 7) is 2.21. The summed E-state index contributed by atoms with van der Waals surface area (Å²) >= 11 is 4.91. The van der Waals surface area contributed by atoms with E-state index in [0.29, 0.717) is 21.4 Å². The highest BCUT2D eigenvalue weighted by atomic mass is 79.9. The van der Waals surface area contributed by atoms with Crippen molar-refractivity contribution in [3.05, 3.63) is 70.7 Å². The van der Waals surface area contributed by atoms with Crippen molar-refractivity contribution in [2.75, 3.05) is 10.8 Å². The first-order valence-corrected chi connectivity index (χ1v) is 14.6. The molecule has 0 aliphatic carbocycles. The molecule has 0 fully saturated rings. The molecule has 2 aromatic carbocycles. The molecule has 6 heteroatoms. The lowest BCUT2D eigenvalue weighted by molar-refractivity contribution is 0.622. The average molecular weight is 542 g/mol. The molecule has 0 radical (unpaired) electrons. The summed E-state index contributed by atoms with van der Waals surface area (Å²) in [7, 11) is -0.936. The van der Waals surface area contributed by atoms with Crippen LogP contribution in [0.1, 0.15) is 51.0 Å². The van der Waals surface area contributed by atoms with Crippen LogP contribution in [0.15, 0.2) is 70.2 Å². The zero-order valence-corrected chi connectivity index (χ0v) is 22.1. The Balaban J connectivity index is 1.81. The number of aromatic nitrogens is 1. The average Bonchev–Trinajstić information content (AvgIpc) is 2.85. The van der Waals surface area contributed by atoms with Crippen LogP contribution in [0.3, 0.4) is 0 Å². The lowest BCUT2D eigenvalue weighted by atomic mass is 9.99. The van der Waals surface area contributed by atoms with E-state index in [1.807, 2.05) is 60.7 Å². The van der Waals surface area contributed by atoms with Gasteiger partial charge in [-0.05, 0) is 30.2 Å². The second kappa shape index (κ2) is 13.7. The van der Waals surface area contributed by atoms with E-state index in [1.165, 1.54) is 37.4 Å². The molecule has 1 heterocycles. The molecule has 3 aromatic rings. The van der Waals surface area contributed by atoms with Crippen LogP contribution in [0.2, 0.25) is 0 Å². The summed E-state index contributed by atoms with van der Waals surface area (Å²) in [5, 5.41) is 11.1. The van der Waals surface area contributed by atoms with Gasteiger partial charge < -0.3 is 0 Å². The van der Waals surface area contributed by atoms with Crippen molar-refractivity contribution in [1.29, 1.82) is 5.26 Å². The van der Waals surface area contributed by atoms with E-state index in [4.69, 9.17) is 4.98 Å². The number of hydrogen-bond acceptors (Lipinski definition) is 4. The third-order valence-electron chi connectivity index (χ3n) is 5.38. The Morgan fingerprint density at radius 3 is 2.36 bits per heavy atom. The SMILES string of the molecule is CCCCCCCCS(=O)CSc1nc(-c2ccc(Br)cc2)cc(-c2ccccc2)c1C#N. The van der Waals surface area contributed by atoms with Crippen molar-refractivity contribution < 1.29 is 4.21 Å². The predicted molar refractivity (Wildman–Crippen MR) is 145 cm³/mol. The maximum atomic E-state index is 12.6. The first-order chi connectivity index (χ1) is 16.1. The van der Waals surface area contributed by atoms with E-state index in [9.17, 15) is 9.47 Å². The van der Waals surface area contributed by atoms with Gasteiger partial charge in [0.15, 0.2) is 0 Å². The lowest BCUT2D eigenvalue weighted by Gasteiger charge is -2.13. The molecule has 0 amide bonds. The Kier molecular flexibility index (Phi) is 10.7. The minimum atomic E-state index is -0.936. The number of nitrogens with zero attached hydrogens (tertiary/aromatic N) is 2. The first-order valence-electron chi connectivity index (χ1n) is 11.4. The smallest absolute Gasteiger partial charge is 0.116 e. The van der Waals surface area contributed by atoms with Crippen molar-refractivity contribution in [3.63, 3.8) is 0 Å². The van der Waals surface area contributed by atoms with Crippen molar-refractivity contribution >= 4 is 38.5 Å². The maximum Gasteiger partial charge on any atom is 0.116 e. The molecular formula is C27H29BrN2OS2. The van der Waals surface area contributed by atoms with Crippen molar-refractivity contribution in [1.82, 2.24) is 4.98 Å². The zero-order valence-electron chi connectivity index (χ0n) is 18.9.